The first-order valence-electron chi connectivity index (χ1n) is 4.69. The Labute approximate surface area is 92.7 Å². The molecule has 0 amide bonds. The van der Waals surface area contributed by atoms with Crippen LogP contribution in [-0.4, -0.2) is 6.04 Å². The molecule has 1 rings (SSSR count). The number of nitrogens with one attached hydrogen (secondary N) is 1. The van der Waals surface area contributed by atoms with Crippen LogP contribution >= 0.6 is 27.3 Å². The fourth-order valence-corrected chi connectivity index (χ4v) is 2.70. The van der Waals surface area contributed by atoms with E-state index in [1.165, 1.54) is 22.2 Å². The van der Waals surface area contributed by atoms with Crippen molar-refractivity contribution in [1.29, 1.82) is 0 Å². The van der Waals surface area contributed by atoms with Crippen molar-refractivity contribution in [1.82, 2.24) is 5.32 Å². The van der Waals surface area contributed by atoms with Gasteiger partial charge in [-0.1, -0.05) is 13.3 Å². The SMILES string of the molecule is CCCC(C)NCc1sccc1Br. The van der Waals surface area contributed by atoms with E-state index < -0.39 is 0 Å². The monoisotopic (exact) mass is 261 g/mol. The fourth-order valence-electron chi connectivity index (χ4n) is 1.25. The van der Waals surface area contributed by atoms with Gasteiger partial charge in [0, 0.05) is 21.9 Å². The molecule has 0 saturated heterocycles. The number of rotatable bonds is 5. The van der Waals surface area contributed by atoms with Crippen molar-refractivity contribution in [2.45, 2.75) is 39.3 Å². The molecule has 3 heteroatoms. The molecular formula is C10H16BrNS. The van der Waals surface area contributed by atoms with Gasteiger partial charge in [0.25, 0.3) is 0 Å². The van der Waals surface area contributed by atoms with Crippen LogP contribution in [0.5, 0.6) is 0 Å². The lowest BCUT2D eigenvalue weighted by molar-refractivity contribution is 0.510. The molecule has 1 heterocycles. The third-order valence-corrected chi connectivity index (χ3v) is 3.95. The van der Waals surface area contributed by atoms with Gasteiger partial charge in [-0.05, 0) is 40.7 Å². The van der Waals surface area contributed by atoms with E-state index in [4.69, 9.17) is 0 Å². The van der Waals surface area contributed by atoms with E-state index in [0.29, 0.717) is 6.04 Å². The molecule has 1 aromatic heterocycles. The molecule has 0 saturated carbocycles. The predicted octanol–water partition coefficient (Wildman–Crippen LogP) is 3.79. The molecule has 0 aliphatic heterocycles. The van der Waals surface area contributed by atoms with Gasteiger partial charge in [-0.2, -0.15) is 0 Å². The molecule has 1 N–H and O–H groups in total. The van der Waals surface area contributed by atoms with Gasteiger partial charge in [0.2, 0.25) is 0 Å². The van der Waals surface area contributed by atoms with Gasteiger partial charge < -0.3 is 5.32 Å². The van der Waals surface area contributed by atoms with E-state index in [9.17, 15) is 0 Å². The van der Waals surface area contributed by atoms with Gasteiger partial charge in [0.1, 0.15) is 0 Å². The summed E-state index contributed by atoms with van der Waals surface area (Å²) in [6.45, 7) is 5.45. The molecule has 1 atom stereocenters. The van der Waals surface area contributed by atoms with Crippen molar-refractivity contribution >= 4 is 27.3 Å². The predicted molar refractivity (Wildman–Crippen MR) is 63.2 cm³/mol. The van der Waals surface area contributed by atoms with E-state index in [-0.39, 0.29) is 0 Å². The van der Waals surface area contributed by atoms with E-state index in [1.54, 1.807) is 11.3 Å². The summed E-state index contributed by atoms with van der Waals surface area (Å²) in [7, 11) is 0. The molecule has 74 valence electrons. The third-order valence-electron chi connectivity index (χ3n) is 2.02. The van der Waals surface area contributed by atoms with Crippen LogP contribution in [0.2, 0.25) is 0 Å². The summed E-state index contributed by atoms with van der Waals surface area (Å²) in [4.78, 5) is 1.39. The Morgan fingerprint density at radius 2 is 2.38 bits per heavy atom. The Kier molecular flexibility index (Phi) is 4.99. The van der Waals surface area contributed by atoms with E-state index in [0.717, 1.165) is 6.54 Å². The van der Waals surface area contributed by atoms with Crippen LogP contribution in [0.15, 0.2) is 15.9 Å². The van der Waals surface area contributed by atoms with Crippen molar-refractivity contribution in [3.63, 3.8) is 0 Å². The van der Waals surface area contributed by atoms with Crippen LogP contribution in [0.3, 0.4) is 0 Å². The Bertz CT molecular complexity index is 247. The molecule has 1 aromatic rings. The van der Waals surface area contributed by atoms with Gasteiger partial charge in [0.05, 0.1) is 0 Å². The fraction of sp³-hybridized carbons (Fsp3) is 0.600. The lowest BCUT2D eigenvalue weighted by Gasteiger charge is -2.11. The van der Waals surface area contributed by atoms with Gasteiger partial charge in [-0.15, -0.1) is 11.3 Å². The molecule has 0 aliphatic rings. The van der Waals surface area contributed by atoms with Crippen LogP contribution < -0.4 is 5.32 Å². The first kappa shape index (κ1) is 11.2. The van der Waals surface area contributed by atoms with E-state index in [2.05, 4.69) is 46.5 Å². The molecule has 13 heavy (non-hydrogen) atoms. The van der Waals surface area contributed by atoms with Crippen molar-refractivity contribution < 1.29 is 0 Å². The molecule has 1 unspecified atom stereocenters. The maximum absolute atomic E-state index is 3.53. The highest BCUT2D eigenvalue weighted by atomic mass is 79.9. The van der Waals surface area contributed by atoms with Crippen LogP contribution in [0.1, 0.15) is 31.6 Å². The van der Waals surface area contributed by atoms with Crippen molar-refractivity contribution in [2.75, 3.05) is 0 Å². The van der Waals surface area contributed by atoms with E-state index in [1.807, 2.05) is 0 Å². The quantitative estimate of drug-likeness (QED) is 0.851. The second-order valence-corrected chi connectivity index (χ2v) is 5.12. The first-order valence-corrected chi connectivity index (χ1v) is 6.36. The molecule has 0 aromatic carbocycles. The maximum atomic E-state index is 3.53. The highest BCUT2D eigenvalue weighted by molar-refractivity contribution is 9.10. The Morgan fingerprint density at radius 1 is 1.62 bits per heavy atom. The van der Waals surface area contributed by atoms with Crippen LogP contribution in [0, 0.1) is 0 Å². The summed E-state index contributed by atoms with van der Waals surface area (Å²) in [5.41, 5.74) is 0. The maximum Gasteiger partial charge on any atom is 0.0327 e. The highest BCUT2D eigenvalue weighted by Crippen LogP contribution is 2.22. The summed E-state index contributed by atoms with van der Waals surface area (Å²) < 4.78 is 1.23. The number of halogens is 1. The summed E-state index contributed by atoms with van der Waals surface area (Å²) in [5.74, 6) is 0. The molecular weight excluding hydrogens is 246 g/mol. The Morgan fingerprint density at radius 3 is 2.92 bits per heavy atom. The summed E-state index contributed by atoms with van der Waals surface area (Å²) in [6, 6.07) is 2.73. The minimum Gasteiger partial charge on any atom is -0.309 e. The Balaban J connectivity index is 2.30. The topological polar surface area (TPSA) is 12.0 Å². The van der Waals surface area contributed by atoms with Gasteiger partial charge in [-0.3, -0.25) is 0 Å². The average molecular weight is 262 g/mol. The lowest BCUT2D eigenvalue weighted by Crippen LogP contribution is -2.24. The minimum atomic E-state index is 0.624. The number of hydrogen-bond acceptors (Lipinski definition) is 2. The smallest absolute Gasteiger partial charge is 0.0327 e. The summed E-state index contributed by atoms with van der Waals surface area (Å²) in [5, 5.41) is 5.62. The minimum absolute atomic E-state index is 0.624. The molecule has 0 bridgehead atoms. The molecule has 0 radical (unpaired) electrons. The second-order valence-electron chi connectivity index (χ2n) is 3.26. The van der Waals surface area contributed by atoms with Crippen LogP contribution in [0.25, 0.3) is 0 Å². The summed E-state index contributed by atoms with van der Waals surface area (Å²) >= 11 is 5.33. The summed E-state index contributed by atoms with van der Waals surface area (Å²) in [6.07, 6.45) is 2.50. The molecule has 1 nitrogen and oxygen atoms in total. The van der Waals surface area contributed by atoms with Crippen molar-refractivity contribution in [3.05, 3.63) is 20.8 Å². The normalized spacial score (nSPS) is 13.2. The van der Waals surface area contributed by atoms with Gasteiger partial charge in [-0.25, -0.2) is 0 Å². The standard InChI is InChI=1S/C10H16BrNS/c1-3-4-8(2)12-7-10-9(11)5-6-13-10/h5-6,8,12H,3-4,7H2,1-2H3. The third kappa shape index (κ3) is 3.79. The van der Waals surface area contributed by atoms with Crippen LogP contribution in [-0.2, 0) is 6.54 Å². The van der Waals surface area contributed by atoms with E-state index >= 15 is 0 Å². The van der Waals surface area contributed by atoms with Gasteiger partial charge >= 0.3 is 0 Å². The van der Waals surface area contributed by atoms with Gasteiger partial charge in [0.15, 0.2) is 0 Å². The largest absolute Gasteiger partial charge is 0.309 e. The molecule has 0 spiro atoms. The number of hydrogen-bond donors (Lipinski definition) is 1. The lowest BCUT2D eigenvalue weighted by atomic mass is 10.2. The highest BCUT2D eigenvalue weighted by Gasteiger charge is 2.03. The first-order chi connectivity index (χ1) is 6.24. The Hall–Kier alpha value is 0.140. The van der Waals surface area contributed by atoms with Crippen LogP contribution in [0.4, 0.5) is 0 Å². The zero-order valence-electron chi connectivity index (χ0n) is 8.14. The van der Waals surface area contributed by atoms with Crippen molar-refractivity contribution in [2.24, 2.45) is 0 Å². The van der Waals surface area contributed by atoms with Crippen molar-refractivity contribution in [3.8, 4) is 0 Å². The zero-order chi connectivity index (χ0) is 9.68. The molecule has 0 fully saturated rings. The molecule has 0 aliphatic carbocycles. The number of thiophene rings is 1. The zero-order valence-corrected chi connectivity index (χ0v) is 10.5. The second kappa shape index (κ2) is 5.78. The average Bonchev–Trinajstić information content (AvgIpc) is 2.48.